The minimum absolute atomic E-state index is 0.212. The van der Waals surface area contributed by atoms with Gasteiger partial charge in [-0.25, -0.2) is 9.37 Å². The maximum absolute atomic E-state index is 13.7. The van der Waals surface area contributed by atoms with Crippen molar-refractivity contribution in [3.8, 4) is 11.3 Å². The minimum atomic E-state index is -0.212. The number of hydrogen-bond donors (Lipinski definition) is 1. The largest absolute Gasteiger partial charge is 0.383 e. The van der Waals surface area contributed by atoms with Gasteiger partial charge in [-0.05, 0) is 38.3 Å². The number of hydrogen-bond acceptors (Lipinski definition) is 2. The molecule has 0 spiro atoms. The molecule has 2 N–H and O–H groups in total. The number of rotatable bonds is 3. The molecule has 1 heterocycles. The van der Waals surface area contributed by atoms with Crippen LogP contribution in [0.25, 0.3) is 11.3 Å². The Kier molecular flexibility index (Phi) is 2.81. The Bertz CT molecular complexity index is 627. The lowest BCUT2D eigenvalue weighted by molar-refractivity contribution is 0.619. The number of aromatic nitrogens is 2. The van der Waals surface area contributed by atoms with Gasteiger partial charge in [0.15, 0.2) is 0 Å². The maximum Gasteiger partial charge on any atom is 0.131 e. The Morgan fingerprint density at radius 2 is 2.16 bits per heavy atom. The van der Waals surface area contributed by atoms with E-state index >= 15 is 0 Å². The highest BCUT2D eigenvalue weighted by atomic mass is 19.1. The topological polar surface area (TPSA) is 43.8 Å². The summed E-state index contributed by atoms with van der Waals surface area (Å²) in [6.07, 6.45) is 2.36. The van der Waals surface area contributed by atoms with Gasteiger partial charge in [-0.2, -0.15) is 0 Å². The molecule has 0 aliphatic heterocycles. The lowest BCUT2D eigenvalue weighted by Crippen LogP contribution is -2.04. The molecule has 0 atom stereocenters. The van der Waals surface area contributed by atoms with E-state index in [9.17, 15) is 4.39 Å². The zero-order chi connectivity index (χ0) is 13.6. The summed E-state index contributed by atoms with van der Waals surface area (Å²) in [5.74, 6) is 2.02. The number of aryl methyl sites for hydroxylation is 1. The van der Waals surface area contributed by atoms with Crippen molar-refractivity contribution >= 4 is 5.82 Å². The van der Waals surface area contributed by atoms with Gasteiger partial charge in [-0.1, -0.05) is 12.1 Å². The quantitative estimate of drug-likeness (QED) is 0.917. The van der Waals surface area contributed by atoms with Gasteiger partial charge in [0, 0.05) is 18.0 Å². The van der Waals surface area contributed by atoms with E-state index in [1.807, 2.05) is 10.6 Å². The van der Waals surface area contributed by atoms with Gasteiger partial charge in [0.1, 0.15) is 23.2 Å². The number of imidazole rings is 1. The average molecular weight is 259 g/mol. The molecule has 0 bridgehead atoms. The smallest absolute Gasteiger partial charge is 0.131 e. The van der Waals surface area contributed by atoms with E-state index in [0.717, 1.165) is 17.9 Å². The molecule has 0 saturated heterocycles. The molecule has 0 radical (unpaired) electrons. The average Bonchev–Trinajstić information content (AvgIpc) is 3.17. The van der Waals surface area contributed by atoms with Crippen LogP contribution in [0.5, 0.6) is 0 Å². The monoisotopic (exact) mass is 259 g/mol. The number of nitrogen functional groups attached to an aromatic ring is 1. The molecule has 1 aliphatic rings. The van der Waals surface area contributed by atoms with Crippen molar-refractivity contribution in [3.05, 3.63) is 35.4 Å². The minimum Gasteiger partial charge on any atom is -0.383 e. The van der Waals surface area contributed by atoms with E-state index in [1.54, 1.807) is 13.0 Å². The van der Waals surface area contributed by atoms with Crippen molar-refractivity contribution in [2.24, 2.45) is 0 Å². The highest BCUT2D eigenvalue weighted by Crippen LogP contribution is 2.42. The Morgan fingerprint density at radius 1 is 1.42 bits per heavy atom. The lowest BCUT2D eigenvalue weighted by Gasteiger charge is -2.05. The van der Waals surface area contributed by atoms with Crippen molar-refractivity contribution in [1.29, 1.82) is 0 Å². The van der Waals surface area contributed by atoms with Gasteiger partial charge < -0.3 is 10.3 Å². The van der Waals surface area contributed by atoms with Crippen LogP contribution in [0.15, 0.2) is 18.2 Å². The molecule has 0 unspecified atom stereocenters. The first-order chi connectivity index (χ1) is 9.11. The zero-order valence-corrected chi connectivity index (χ0v) is 11.3. The summed E-state index contributed by atoms with van der Waals surface area (Å²) < 4.78 is 15.7. The molecule has 1 fully saturated rings. The molecule has 1 aliphatic carbocycles. The van der Waals surface area contributed by atoms with Crippen molar-refractivity contribution in [3.63, 3.8) is 0 Å². The van der Waals surface area contributed by atoms with Crippen molar-refractivity contribution in [2.45, 2.75) is 39.2 Å². The van der Waals surface area contributed by atoms with Crippen LogP contribution in [0.2, 0.25) is 0 Å². The van der Waals surface area contributed by atoms with Crippen LogP contribution in [-0.4, -0.2) is 9.55 Å². The van der Waals surface area contributed by atoms with Crippen molar-refractivity contribution < 1.29 is 4.39 Å². The molecular weight excluding hydrogens is 241 g/mol. The van der Waals surface area contributed by atoms with E-state index in [2.05, 4.69) is 11.9 Å². The predicted molar refractivity (Wildman–Crippen MR) is 74.4 cm³/mol. The van der Waals surface area contributed by atoms with Gasteiger partial charge in [-0.3, -0.25) is 0 Å². The molecule has 1 aromatic heterocycles. The van der Waals surface area contributed by atoms with Crippen molar-refractivity contribution in [1.82, 2.24) is 9.55 Å². The summed E-state index contributed by atoms with van der Waals surface area (Å²) >= 11 is 0. The fraction of sp³-hybridized carbons (Fsp3) is 0.400. The fourth-order valence-electron chi connectivity index (χ4n) is 2.42. The normalized spacial score (nSPS) is 14.9. The molecule has 2 aromatic rings. The first kappa shape index (κ1) is 12.2. The molecule has 3 rings (SSSR count). The first-order valence-corrected chi connectivity index (χ1v) is 6.74. The zero-order valence-electron chi connectivity index (χ0n) is 11.3. The van der Waals surface area contributed by atoms with E-state index in [0.29, 0.717) is 23.0 Å². The van der Waals surface area contributed by atoms with Crippen LogP contribution in [0.4, 0.5) is 10.2 Å². The van der Waals surface area contributed by atoms with Crippen LogP contribution in [0, 0.1) is 12.7 Å². The van der Waals surface area contributed by atoms with Gasteiger partial charge in [0.25, 0.3) is 0 Å². The molecule has 100 valence electrons. The molecule has 0 amide bonds. The third-order valence-corrected chi connectivity index (χ3v) is 3.74. The van der Waals surface area contributed by atoms with Crippen LogP contribution in [0.3, 0.4) is 0 Å². The van der Waals surface area contributed by atoms with Crippen LogP contribution in [0.1, 0.15) is 37.1 Å². The molecule has 3 nitrogen and oxygen atoms in total. The van der Waals surface area contributed by atoms with Gasteiger partial charge in [0.2, 0.25) is 0 Å². The summed E-state index contributed by atoms with van der Waals surface area (Å²) in [5, 5.41) is 0. The fourth-order valence-corrected chi connectivity index (χ4v) is 2.42. The lowest BCUT2D eigenvalue weighted by atomic mass is 10.1. The Labute approximate surface area is 112 Å². The second-order valence-corrected chi connectivity index (χ2v) is 5.19. The number of halogens is 1. The van der Waals surface area contributed by atoms with Crippen molar-refractivity contribution in [2.75, 3.05) is 5.73 Å². The van der Waals surface area contributed by atoms with Crippen LogP contribution < -0.4 is 5.73 Å². The van der Waals surface area contributed by atoms with E-state index in [1.165, 1.54) is 18.9 Å². The highest BCUT2D eigenvalue weighted by molar-refractivity contribution is 5.71. The van der Waals surface area contributed by atoms with Gasteiger partial charge in [0.05, 0.1) is 0 Å². The Morgan fingerprint density at radius 3 is 2.74 bits per heavy atom. The molecule has 19 heavy (non-hydrogen) atoms. The van der Waals surface area contributed by atoms with Crippen LogP contribution in [-0.2, 0) is 6.54 Å². The van der Waals surface area contributed by atoms with Gasteiger partial charge >= 0.3 is 0 Å². The second kappa shape index (κ2) is 4.37. The summed E-state index contributed by atoms with van der Waals surface area (Å²) in [6, 6.07) is 5.17. The molecular formula is C15H18FN3. The second-order valence-electron chi connectivity index (χ2n) is 5.19. The number of benzene rings is 1. The summed E-state index contributed by atoms with van der Waals surface area (Å²) in [7, 11) is 0. The predicted octanol–water partition coefficient (Wildman–Crippen LogP) is 3.48. The number of nitrogens with zero attached hydrogens (tertiary/aromatic N) is 2. The highest BCUT2D eigenvalue weighted by Gasteiger charge is 2.30. The van der Waals surface area contributed by atoms with E-state index in [-0.39, 0.29) is 5.82 Å². The molecule has 1 saturated carbocycles. The van der Waals surface area contributed by atoms with E-state index in [4.69, 9.17) is 5.73 Å². The maximum atomic E-state index is 13.7. The third-order valence-electron chi connectivity index (χ3n) is 3.74. The third kappa shape index (κ3) is 2.01. The SMILES string of the molecule is CCn1c(C2CC2)nc(-c2ccc(C)c(F)c2)c1N. The summed E-state index contributed by atoms with van der Waals surface area (Å²) in [5.41, 5.74) is 8.29. The van der Waals surface area contributed by atoms with E-state index < -0.39 is 0 Å². The Hall–Kier alpha value is -1.84. The molecule has 1 aromatic carbocycles. The van der Waals surface area contributed by atoms with Gasteiger partial charge in [-0.15, -0.1) is 0 Å². The first-order valence-electron chi connectivity index (χ1n) is 6.74. The Balaban J connectivity index is 2.11. The molecule has 4 heteroatoms. The van der Waals surface area contributed by atoms with Crippen LogP contribution >= 0.6 is 0 Å². The summed E-state index contributed by atoms with van der Waals surface area (Å²) in [4.78, 5) is 4.65. The standard InChI is InChI=1S/C15H18FN3/c1-3-19-14(17)13(18-15(19)10-6-7-10)11-5-4-9(2)12(16)8-11/h4-5,8,10H,3,6-7,17H2,1-2H3. The summed E-state index contributed by atoms with van der Waals surface area (Å²) in [6.45, 7) is 4.62. The number of nitrogens with two attached hydrogens (primary N) is 1. The number of anilines is 1.